The monoisotopic (exact) mass is 343 g/mol. The third kappa shape index (κ3) is 4.83. The number of halogens is 1. The summed E-state index contributed by atoms with van der Waals surface area (Å²) in [5.74, 6) is -0.000657. The van der Waals surface area contributed by atoms with E-state index in [4.69, 9.17) is 11.6 Å². The number of nitrogens with zero attached hydrogens (tertiary/aromatic N) is 1. The number of nitrogens with one attached hydrogen (secondary N) is 2. The predicted octanol–water partition coefficient (Wildman–Crippen LogP) is 4.24. The van der Waals surface area contributed by atoms with Gasteiger partial charge in [-0.2, -0.15) is 5.10 Å². The van der Waals surface area contributed by atoms with E-state index in [9.17, 15) is 4.79 Å². The molecule has 0 aliphatic rings. The molecule has 4 nitrogen and oxygen atoms in total. The standard InChI is InChI=1S/C19H22ClN3O/c1-13(2)19(15-8-5-4-6-9-15)23-22-18(24)12-21-17-11-7-10-16(20)14(17)3/h4-11,13,21H,12H2,1-3H3,(H,22,24). The van der Waals surface area contributed by atoms with Crippen molar-refractivity contribution in [2.24, 2.45) is 11.0 Å². The molecule has 0 fully saturated rings. The van der Waals surface area contributed by atoms with Crippen molar-refractivity contribution in [3.63, 3.8) is 0 Å². The average Bonchev–Trinajstić information content (AvgIpc) is 2.57. The summed E-state index contributed by atoms with van der Waals surface area (Å²) in [5, 5.41) is 8.05. The molecule has 2 aromatic carbocycles. The zero-order chi connectivity index (χ0) is 17.5. The lowest BCUT2D eigenvalue weighted by atomic mass is 10.0. The molecule has 0 saturated heterocycles. The molecule has 0 aromatic heterocycles. The first kappa shape index (κ1) is 18.0. The number of hydrogen-bond acceptors (Lipinski definition) is 3. The van der Waals surface area contributed by atoms with Crippen LogP contribution in [0.25, 0.3) is 0 Å². The normalized spacial score (nSPS) is 11.5. The Morgan fingerprint density at radius 3 is 2.50 bits per heavy atom. The number of hydrazone groups is 1. The third-order valence-electron chi connectivity index (χ3n) is 3.62. The van der Waals surface area contributed by atoms with Gasteiger partial charge in [-0.3, -0.25) is 4.79 Å². The molecule has 0 aliphatic heterocycles. The molecule has 2 aromatic rings. The van der Waals surface area contributed by atoms with E-state index in [1.165, 1.54) is 0 Å². The van der Waals surface area contributed by atoms with Crippen LogP contribution in [0.5, 0.6) is 0 Å². The minimum absolute atomic E-state index is 0.130. The zero-order valence-corrected chi connectivity index (χ0v) is 14.9. The minimum Gasteiger partial charge on any atom is -0.376 e. The van der Waals surface area contributed by atoms with E-state index in [1.807, 2.05) is 69.3 Å². The number of hydrogen-bond donors (Lipinski definition) is 2. The molecule has 0 aliphatic carbocycles. The summed E-state index contributed by atoms with van der Waals surface area (Å²) < 4.78 is 0. The highest BCUT2D eigenvalue weighted by Gasteiger charge is 2.09. The molecule has 0 heterocycles. The highest BCUT2D eigenvalue weighted by atomic mass is 35.5. The Labute approximate surface area is 147 Å². The second-order valence-corrected chi connectivity index (χ2v) is 6.23. The molecule has 0 atom stereocenters. The lowest BCUT2D eigenvalue weighted by Gasteiger charge is -2.12. The highest BCUT2D eigenvalue weighted by molar-refractivity contribution is 6.31. The van der Waals surface area contributed by atoms with Crippen molar-refractivity contribution < 1.29 is 4.79 Å². The Balaban J connectivity index is 1.99. The summed E-state index contributed by atoms with van der Waals surface area (Å²) in [6.07, 6.45) is 0. The molecule has 1 amide bonds. The van der Waals surface area contributed by atoms with Crippen molar-refractivity contribution in [3.8, 4) is 0 Å². The van der Waals surface area contributed by atoms with Crippen molar-refractivity contribution in [1.82, 2.24) is 5.43 Å². The first-order valence-electron chi connectivity index (χ1n) is 7.90. The first-order valence-corrected chi connectivity index (χ1v) is 8.27. The second kappa shape index (κ2) is 8.50. The number of carbonyl (C=O) groups is 1. The van der Waals surface area contributed by atoms with Crippen molar-refractivity contribution in [3.05, 3.63) is 64.7 Å². The predicted molar refractivity (Wildman–Crippen MR) is 101 cm³/mol. The van der Waals surface area contributed by atoms with Gasteiger partial charge in [-0.05, 0) is 36.1 Å². The lowest BCUT2D eigenvalue weighted by Crippen LogP contribution is -2.28. The molecule has 0 saturated carbocycles. The van der Waals surface area contributed by atoms with Crippen LogP contribution >= 0.6 is 11.6 Å². The van der Waals surface area contributed by atoms with Gasteiger partial charge in [0.15, 0.2) is 0 Å². The Bertz CT molecular complexity index is 727. The number of anilines is 1. The van der Waals surface area contributed by atoms with Gasteiger partial charge in [-0.25, -0.2) is 5.43 Å². The van der Waals surface area contributed by atoms with E-state index in [2.05, 4.69) is 15.8 Å². The Hall–Kier alpha value is -2.33. The largest absolute Gasteiger partial charge is 0.376 e. The van der Waals surface area contributed by atoms with E-state index < -0.39 is 0 Å². The third-order valence-corrected chi connectivity index (χ3v) is 4.03. The highest BCUT2D eigenvalue weighted by Crippen LogP contribution is 2.22. The van der Waals surface area contributed by atoms with E-state index >= 15 is 0 Å². The summed E-state index contributed by atoms with van der Waals surface area (Å²) in [6.45, 7) is 6.13. The number of rotatable bonds is 6. The molecule has 2 rings (SSSR count). The van der Waals surface area contributed by atoms with Crippen molar-refractivity contribution >= 4 is 28.9 Å². The van der Waals surface area contributed by atoms with E-state index in [1.54, 1.807) is 0 Å². The fourth-order valence-corrected chi connectivity index (χ4v) is 2.45. The maximum Gasteiger partial charge on any atom is 0.259 e. The van der Waals surface area contributed by atoms with Gasteiger partial charge in [0.1, 0.15) is 0 Å². The minimum atomic E-state index is -0.205. The number of benzene rings is 2. The summed E-state index contributed by atoms with van der Waals surface area (Å²) in [6, 6.07) is 15.4. The van der Waals surface area contributed by atoms with Gasteiger partial charge in [0.25, 0.3) is 5.91 Å². The molecule has 24 heavy (non-hydrogen) atoms. The summed E-state index contributed by atoms with van der Waals surface area (Å²) in [4.78, 5) is 12.1. The van der Waals surface area contributed by atoms with Crippen LogP contribution in [0.3, 0.4) is 0 Å². The quantitative estimate of drug-likeness (QED) is 0.609. The molecule has 0 bridgehead atoms. The molecular formula is C19H22ClN3O. The van der Waals surface area contributed by atoms with Gasteiger partial charge in [0.2, 0.25) is 0 Å². The fourth-order valence-electron chi connectivity index (χ4n) is 2.27. The molecule has 0 spiro atoms. The van der Waals surface area contributed by atoms with E-state index in [0.29, 0.717) is 5.02 Å². The van der Waals surface area contributed by atoms with Crippen LogP contribution < -0.4 is 10.7 Å². The second-order valence-electron chi connectivity index (χ2n) is 5.82. The molecule has 0 radical (unpaired) electrons. The molecule has 5 heteroatoms. The summed E-state index contributed by atoms with van der Waals surface area (Å²) in [7, 11) is 0. The van der Waals surface area contributed by atoms with Crippen LogP contribution in [-0.2, 0) is 4.79 Å². The van der Waals surface area contributed by atoms with Gasteiger partial charge in [-0.1, -0.05) is 61.8 Å². The molecule has 2 N–H and O–H groups in total. The van der Waals surface area contributed by atoms with Crippen LogP contribution in [0.4, 0.5) is 5.69 Å². The Morgan fingerprint density at radius 1 is 1.12 bits per heavy atom. The fraction of sp³-hybridized carbons (Fsp3) is 0.263. The molecule has 126 valence electrons. The maximum atomic E-state index is 12.1. The maximum absolute atomic E-state index is 12.1. The van der Waals surface area contributed by atoms with Crippen molar-refractivity contribution in [2.75, 3.05) is 11.9 Å². The van der Waals surface area contributed by atoms with Gasteiger partial charge in [-0.15, -0.1) is 0 Å². The average molecular weight is 344 g/mol. The number of carbonyl (C=O) groups excluding carboxylic acids is 1. The molecular weight excluding hydrogens is 322 g/mol. The van der Waals surface area contributed by atoms with Gasteiger partial charge in [0.05, 0.1) is 12.3 Å². The SMILES string of the molecule is Cc1c(Cl)cccc1NCC(=O)NN=C(c1ccccc1)C(C)C. The first-order chi connectivity index (χ1) is 11.5. The molecule has 0 unspecified atom stereocenters. The van der Waals surface area contributed by atoms with Crippen molar-refractivity contribution in [1.29, 1.82) is 0 Å². The summed E-state index contributed by atoms with van der Waals surface area (Å²) in [5.41, 5.74) is 6.24. The van der Waals surface area contributed by atoms with Crippen LogP contribution in [0.2, 0.25) is 5.02 Å². The Kier molecular flexibility index (Phi) is 6.38. The lowest BCUT2D eigenvalue weighted by molar-refractivity contribution is -0.119. The van der Waals surface area contributed by atoms with Gasteiger partial charge >= 0.3 is 0 Å². The van der Waals surface area contributed by atoms with Crippen LogP contribution in [-0.4, -0.2) is 18.2 Å². The number of amides is 1. The zero-order valence-electron chi connectivity index (χ0n) is 14.1. The van der Waals surface area contributed by atoms with Crippen LogP contribution in [0.1, 0.15) is 25.0 Å². The Morgan fingerprint density at radius 2 is 1.83 bits per heavy atom. The summed E-state index contributed by atoms with van der Waals surface area (Å²) >= 11 is 6.07. The smallest absolute Gasteiger partial charge is 0.259 e. The van der Waals surface area contributed by atoms with Gasteiger partial charge in [0, 0.05) is 10.7 Å². The topological polar surface area (TPSA) is 53.5 Å². The van der Waals surface area contributed by atoms with Crippen LogP contribution in [0.15, 0.2) is 53.6 Å². The van der Waals surface area contributed by atoms with E-state index in [0.717, 1.165) is 22.5 Å². The van der Waals surface area contributed by atoms with Crippen molar-refractivity contribution in [2.45, 2.75) is 20.8 Å². The van der Waals surface area contributed by atoms with Crippen LogP contribution in [0, 0.1) is 12.8 Å². The van der Waals surface area contributed by atoms with Gasteiger partial charge < -0.3 is 5.32 Å². The van der Waals surface area contributed by atoms with E-state index in [-0.39, 0.29) is 18.4 Å².